The third-order valence-corrected chi connectivity index (χ3v) is 5.46. The number of likely N-dealkylation sites (tertiary alicyclic amines) is 1. The van der Waals surface area contributed by atoms with Crippen LogP contribution in [0.15, 0.2) is 48.5 Å². The van der Waals surface area contributed by atoms with Crippen molar-refractivity contribution in [1.29, 1.82) is 0 Å². The Morgan fingerprint density at radius 1 is 1.10 bits per heavy atom. The van der Waals surface area contributed by atoms with Crippen LogP contribution in [-0.4, -0.2) is 34.9 Å². The van der Waals surface area contributed by atoms with Crippen LogP contribution < -0.4 is 10.6 Å². The molecule has 1 heterocycles. The number of carbonyl (C=O) groups excluding carboxylic acids is 2. The van der Waals surface area contributed by atoms with Crippen LogP contribution in [0.5, 0.6) is 0 Å². The topological polar surface area (TPSA) is 61.4 Å². The van der Waals surface area contributed by atoms with Crippen molar-refractivity contribution in [2.24, 2.45) is 5.92 Å². The van der Waals surface area contributed by atoms with Gasteiger partial charge >= 0.3 is 0 Å². The van der Waals surface area contributed by atoms with Gasteiger partial charge in [-0.1, -0.05) is 42.8 Å². The number of nitrogens with one attached hydrogen (secondary N) is 2. The second-order valence-electron chi connectivity index (χ2n) is 7.33. The highest BCUT2D eigenvalue weighted by molar-refractivity contribution is 7.80. The van der Waals surface area contributed by atoms with Crippen LogP contribution in [0.2, 0.25) is 5.02 Å². The maximum absolute atomic E-state index is 12.9. The van der Waals surface area contributed by atoms with E-state index in [2.05, 4.69) is 17.6 Å². The number of thiocarbonyl (C=S) groups is 1. The molecule has 5 nitrogen and oxygen atoms in total. The zero-order valence-electron chi connectivity index (χ0n) is 16.3. The SMILES string of the molecule is CC1CCN(C(=O)c2ccccc2NC(=S)NC(=O)Cc2ccc(Cl)cc2)CC1. The van der Waals surface area contributed by atoms with Gasteiger partial charge in [-0.05, 0) is 60.8 Å². The molecule has 0 unspecified atom stereocenters. The monoisotopic (exact) mass is 429 g/mol. The lowest BCUT2D eigenvalue weighted by Crippen LogP contribution is -2.39. The van der Waals surface area contributed by atoms with Crippen molar-refractivity contribution in [3.05, 3.63) is 64.7 Å². The quantitative estimate of drug-likeness (QED) is 0.712. The van der Waals surface area contributed by atoms with Crippen LogP contribution in [0.4, 0.5) is 5.69 Å². The number of rotatable bonds is 4. The van der Waals surface area contributed by atoms with Crippen molar-refractivity contribution in [3.63, 3.8) is 0 Å². The van der Waals surface area contributed by atoms with Gasteiger partial charge in [0.25, 0.3) is 5.91 Å². The van der Waals surface area contributed by atoms with Crippen molar-refractivity contribution in [2.45, 2.75) is 26.2 Å². The second-order valence-corrected chi connectivity index (χ2v) is 8.17. The highest BCUT2D eigenvalue weighted by atomic mass is 35.5. The maximum Gasteiger partial charge on any atom is 0.255 e. The Morgan fingerprint density at radius 3 is 2.45 bits per heavy atom. The summed E-state index contributed by atoms with van der Waals surface area (Å²) in [6, 6.07) is 14.3. The van der Waals surface area contributed by atoms with E-state index in [1.165, 1.54) is 0 Å². The van der Waals surface area contributed by atoms with Crippen LogP contribution in [0.25, 0.3) is 0 Å². The average molecular weight is 430 g/mol. The molecule has 2 aromatic rings. The fourth-order valence-electron chi connectivity index (χ4n) is 3.27. The van der Waals surface area contributed by atoms with E-state index in [9.17, 15) is 9.59 Å². The zero-order valence-corrected chi connectivity index (χ0v) is 17.9. The fourth-order valence-corrected chi connectivity index (χ4v) is 3.62. The van der Waals surface area contributed by atoms with E-state index in [1.54, 1.807) is 36.4 Å². The van der Waals surface area contributed by atoms with Gasteiger partial charge in [0, 0.05) is 18.1 Å². The number of halogens is 1. The molecule has 0 radical (unpaired) electrons. The van der Waals surface area contributed by atoms with Gasteiger partial charge < -0.3 is 15.5 Å². The van der Waals surface area contributed by atoms with Gasteiger partial charge in [0.2, 0.25) is 5.91 Å². The number of hydrogen-bond donors (Lipinski definition) is 2. The van der Waals surface area contributed by atoms with Gasteiger partial charge in [-0.2, -0.15) is 0 Å². The summed E-state index contributed by atoms with van der Waals surface area (Å²) in [6.45, 7) is 3.73. The minimum absolute atomic E-state index is 0.0182. The predicted molar refractivity (Wildman–Crippen MR) is 120 cm³/mol. The van der Waals surface area contributed by atoms with E-state index >= 15 is 0 Å². The highest BCUT2D eigenvalue weighted by Crippen LogP contribution is 2.22. The maximum atomic E-state index is 12.9. The van der Waals surface area contributed by atoms with Crippen molar-refractivity contribution < 1.29 is 9.59 Å². The van der Waals surface area contributed by atoms with Crippen LogP contribution in [0.1, 0.15) is 35.7 Å². The second kappa shape index (κ2) is 9.85. The smallest absolute Gasteiger partial charge is 0.255 e. The van der Waals surface area contributed by atoms with Gasteiger partial charge in [0.1, 0.15) is 0 Å². The number of piperidine rings is 1. The lowest BCUT2D eigenvalue weighted by molar-refractivity contribution is -0.119. The third kappa shape index (κ3) is 6.02. The molecule has 1 fully saturated rings. The van der Waals surface area contributed by atoms with Gasteiger partial charge in [0.05, 0.1) is 17.7 Å². The molecule has 0 aromatic heterocycles. The van der Waals surface area contributed by atoms with E-state index in [4.69, 9.17) is 23.8 Å². The number of amides is 2. The Labute approximate surface area is 181 Å². The van der Waals surface area contributed by atoms with Crippen molar-refractivity contribution in [1.82, 2.24) is 10.2 Å². The van der Waals surface area contributed by atoms with Crippen LogP contribution in [0, 0.1) is 5.92 Å². The number of para-hydroxylation sites is 1. The molecule has 1 aliphatic heterocycles. The summed E-state index contributed by atoms with van der Waals surface area (Å²) in [5, 5.41) is 6.45. The van der Waals surface area contributed by atoms with Crippen molar-refractivity contribution in [2.75, 3.05) is 18.4 Å². The standard InChI is InChI=1S/C22H24ClN3O2S/c1-15-10-12-26(13-11-15)21(28)18-4-2-3-5-19(18)24-22(29)25-20(27)14-16-6-8-17(23)9-7-16/h2-9,15H,10-14H2,1H3,(H2,24,25,27,29). The van der Waals surface area contributed by atoms with E-state index in [1.807, 2.05) is 17.0 Å². The van der Waals surface area contributed by atoms with Crippen molar-refractivity contribution in [3.8, 4) is 0 Å². The van der Waals surface area contributed by atoms with Gasteiger partial charge in [-0.25, -0.2) is 0 Å². The summed E-state index contributed by atoms with van der Waals surface area (Å²) in [5.74, 6) is 0.393. The summed E-state index contributed by atoms with van der Waals surface area (Å²) in [6.07, 6.45) is 2.21. The van der Waals surface area contributed by atoms with E-state index in [0.29, 0.717) is 22.2 Å². The zero-order chi connectivity index (χ0) is 20.8. The molecule has 2 N–H and O–H groups in total. The van der Waals surface area contributed by atoms with Gasteiger partial charge in [-0.3, -0.25) is 9.59 Å². The number of benzene rings is 2. The van der Waals surface area contributed by atoms with Gasteiger partial charge in [0.15, 0.2) is 5.11 Å². The van der Waals surface area contributed by atoms with Crippen LogP contribution in [0.3, 0.4) is 0 Å². The summed E-state index contributed by atoms with van der Waals surface area (Å²) >= 11 is 11.1. The Hall–Kier alpha value is -2.44. The molecule has 29 heavy (non-hydrogen) atoms. The Bertz CT molecular complexity index is 893. The molecule has 1 saturated heterocycles. The first-order valence-corrected chi connectivity index (χ1v) is 10.4. The predicted octanol–water partition coefficient (Wildman–Crippen LogP) is 4.27. The van der Waals surface area contributed by atoms with Gasteiger partial charge in [-0.15, -0.1) is 0 Å². The lowest BCUT2D eigenvalue weighted by Gasteiger charge is -2.30. The first kappa shape index (κ1) is 21.3. The summed E-state index contributed by atoms with van der Waals surface area (Å²) < 4.78 is 0. The minimum Gasteiger partial charge on any atom is -0.339 e. The highest BCUT2D eigenvalue weighted by Gasteiger charge is 2.23. The molecule has 0 atom stereocenters. The molecule has 2 aromatic carbocycles. The first-order valence-electron chi connectivity index (χ1n) is 9.66. The van der Waals surface area contributed by atoms with Crippen molar-refractivity contribution >= 4 is 46.4 Å². The Kier molecular flexibility index (Phi) is 7.23. The molecular formula is C22H24ClN3O2S. The molecule has 0 saturated carbocycles. The molecule has 7 heteroatoms. The number of anilines is 1. The summed E-state index contributed by atoms with van der Waals surface area (Å²) in [5.41, 5.74) is 1.98. The Morgan fingerprint density at radius 2 is 1.76 bits per heavy atom. The van der Waals surface area contributed by atoms with E-state index in [0.717, 1.165) is 31.5 Å². The largest absolute Gasteiger partial charge is 0.339 e. The normalized spacial score (nSPS) is 14.3. The molecule has 0 bridgehead atoms. The molecule has 1 aliphatic rings. The first-order chi connectivity index (χ1) is 13.9. The Balaban J connectivity index is 1.61. The molecule has 2 amide bonds. The van der Waals surface area contributed by atoms with E-state index in [-0.39, 0.29) is 23.3 Å². The average Bonchev–Trinajstić information content (AvgIpc) is 2.70. The molecule has 0 spiro atoms. The lowest BCUT2D eigenvalue weighted by atomic mass is 9.98. The minimum atomic E-state index is -0.237. The van der Waals surface area contributed by atoms with E-state index < -0.39 is 0 Å². The van der Waals surface area contributed by atoms with Crippen LogP contribution >= 0.6 is 23.8 Å². The molecule has 152 valence electrons. The molecule has 0 aliphatic carbocycles. The fraction of sp³-hybridized carbons (Fsp3) is 0.318. The number of carbonyl (C=O) groups is 2. The number of nitrogens with zero attached hydrogens (tertiary/aromatic N) is 1. The summed E-state index contributed by atoms with van der Waals surface area (Å²) in [4.78, 5) is 27.1. The summed E-state index contributed by atoms with van der Waals surface area (Å²) in [7, 11) is 0. The molecule has 3 rings (SSSR count). The van der Waals surface area contributed by atoms with Crippen LogP contribution in [-0.2, 0) is 11.2 Å². The third-order valence-electron chi connectivity index (χ3n) is 5.01. The molecular weight excluding hydrogens is 406 g/mol. The number of hydrogen-bond acceptors (Lipinski definition) is 3.